The van der Waals surface area contributed by atoms with Gasteiger partial charge in [0, 0.05) is 12.6 Å². The van der Waals surface area contributed by atoms with E-state index < -0.39 is 66.0 Å². The van der Waals surface area contributed by atoms with Gasteiger partial charge in [0.25, 0.3) is 17.5 Å². The summed E-state index contributed by atoms with van der Waals surface area (Å²) in [5.74, 6) is -3.03. The van der Waals surface area contributed by atoms with Crippen molar-refractivity contribution < 1.29 is 42.8 Å². The maximum absolute atomic E-state index is 12.6. The van der Waals surface area contributed by atoms with Crippen LogP contribution in [0.1, 0.15) is 45.9 Å². The number of carbonyl (C=O) groups is 5. The molecule has 2 aliphatic heterocycles. The molecule has 0 spiro atoms. The largest absolute Gasteiger partial charge is 0.467 e. The van der Waals surface area contributed by atoms with E-state index in [9.17, 15) is 34.1 Å². The van der Waals surface area contributed by atoms with Crippen LogP contribution in [0, 0.1) is 10.1 Å². The zero-order valence-electron chi connectivity index (χ0n) is 19.3. The number of fused-ring (bicyclic) bond motifs is 1. The average molecular weight is 512 g/mol. The van der Waals surface area contributed by atoms with Gasteiger partial charge in [-0.3, -0.25) is 29.4 Å². The van der Waals surface area contributed by atoms with Crippen LogP contribution in [-0.2, 0) is 19.1 Å². The number of hydrogen-bond acceptors (Lipinski definition) is 10. The van der Waals surface area contributed by atoms with E-state index in [0.29, 0.717) is 0 Å². The third kappa shape index (κ3) is 4.89. The molecular formula is C23H20N4O10. The first-order chi connectivity index (χ1) is 17.7. The molecule has 4 rings (SSSR count). The number of amides is 4. The minimum atomic E-state index is -0.995. The number of carbonyl (C=O) groups excluding carboxylic acids is 5. The van der Waals surface area contributed by atoms with E-state index in [1.165, 1.54) is 18.4 Å². The number of nitro groups is 1. The molecule has 0 saturated carbocycles. The van der Waals surface area contributed by atoms with Gasteiger partial charge in [-0.1, -0.05) is 6.07 Å². The number of benzene rings is 1. The minimum Gasteiger partial charge on any atom is -0.467 e. The third-order valence-electron chi connectivity index (χ3n) is 5.57. The maximum Gasteiger partial charge on any atom is 0.338 e. The Kier molecular flexibility index (Phi) is 6.99. The van der Waals surface area contributed by atoms with Crippen molar-refractivity contribution in [3.63, 3.8) is 0 Å². The Bertz CT molecular complexity index is 1330. The van der Waals surface area contributed by atoms with Gasteiger partial charge >= 0.3 is 18.0 Å². The first-order valence-corrected chi connectivity index (χ1v) is 11.0. The molecule has 1 aromatic heterocycles. The molecule has 0 radical (unpaired) electrons. The molecule has 3 heterocycles. The highest BCUT2D eigenvalue weighted by molar-refractivity contribution is 6.23. The minimum absolute atomic E-state index is 0.0307. The number of nitrogens with one attached hydrogen (secondary N) is 2. The summed E-state index contributed by atoms with van der Waals surface area (Å²) in [6.07, 6.45) is 0.926. The van der Waals surface area contributed by atoms with Crippen molar-refractivity contribution in [3.8, 4) is 0 Å². The van der Waals surface area contributed by atoms with Gasteiger partial charge in [-0.2, -0.15) is 0 Å². The van der Waals surface area contributed by atoms with Crippen LogP contribution in [0.4, 0.5) is 10.5 Å². The number of nitro benzene ring substituents is 1. The highest BCUT2D eigenvalue weighted by Crippen LogP contribution is 2.31. The molecule has 1 aromatic carbocycles. The van der Waals surface area contributed by atoms with Crippen LogP contribution >= 0.6 is 0 Å². The van der Waals surface area contributed by atoms with Crippen molar-refractivity contribution in [1.29, 1.82) is 0 Å². The first kappa shape index (κ1) is 25.1. The monoisotopic (exact) mass is 512 g/mol. The van der Waals surface area contributed by atoms with Gasteiger partial charge in [-0.25, -0.2) is 9.59 Å². The summed E-state index contributed by atoms with van der Waals surface area (Å²) >= 11 is 0. The summed E-state index contributed by atoms with van der Waals surface area (Å²) in [7, 11) is 0. The predicted molar refractivity (Wildman–Crippen MR) is 121 cm³/mol. The summed E-state index contributed by atoms with van der Waals surface area (Å²) < 4.78 is 15.6. The molecule has 14 nitrogen and oxygen atoms in total. The third-order valence-corrected chi connectivity index (χ3v) is 5.57. The molecule has 2 aliphatic rings. The van der Waals surface area contributed by atoms with E-state index in [-0.39, 0.29) is 34.8 Å². The van der Waals surface area contributed by atoms with Crippen LogP contribution in [-0.4, -0.2) is 59.4 Å². The quantitative estimate of drug-likeness (QED) is 0.216. The number of esters is 2. The number of rotatable bonds is 9. The van der Waals surface area contributed by atoms with Crippen molar-refractivity contribution >= 4 is 35.5 Å². The number of furan rings is 1. The molecule has 0 saturated heterocycles. The molecule has 0 bridgehead atoms. The second kappa shape index (κ2) is 10.3. The van der Waals surface area contributed by atoms with Crippen LogP contribution in [0.2, 0.25) is 0 Å². The lowest BCUT2D eigenvalue weighted by Crippen LogP contribution is -2.47. The number of imide groups is 1. The summed E-state index contributed by atoms with van der Waals surface area (Å²) in [6, 6.07) is 5.14. The summed E-state index contributed by atoms with van der Waals surface area (Å²) in [4.78, 5) is 73.7. The standard InChI is InChI=1S/C23H20N4O10/c1-2-35-22(31)18-13(24-23(32)25-19(18)15-7-4-10-36-15)11-37-16(28)8-9-26-20(29)12-5-3-6-14(27(33)34)17(12)21(26)30/h3-7,10,19H,2,8-9,11H2,1H3,(H2,24,25,32)/t19-/m0/s1. The first-order valence-electron chi connectivity index (χ1n) is 11.0. The number of ether oxygens (including phenoxy) is 2. The number of urea groups is 1. The number of nitrogens with zero attached hydrogens (tertiary/aromatic N) is 2. The van der Waals surface area contributed by atoms with Crippen molar-refractivity contribution in [1.82, 2.24) is 15.5 Å². The topological polar surface area (TPSA) is 187 Å². The molecule has 0 aliphatic carbocycles. The fourth-order valence-corrected chi connectivity index (χ4v) is 3.95. The van der Waals surface area contributed by atoms with Crippen LogP contribution in [0.25, 0.3) is 0 Å². The van der Waals surface area contributed by atoms with Gasteiger partial charge in [-0.15, -0.1) is 0 Å². The summed E-state index contributed by atoms with van der Waals surface area (Å²) in [5, 5.41) is 16.2. The molecule has 0 fully saturated rings. The van der Waals surface area contributed by atoms with Crippen molar-refractivity contribution in [2.45, 2.75) is 19.4 Å². The van der Waals surface area contributed by atoms with Gasteiger partial charge in [0.1, 0.15) is 24.0 Å². The summed E-state index contributed by atoms with van der Waals surface area (Å²) in [6.45, 7) is 0.732. The van der Waals surface area contributed by atoms with Gasteiger partial charge in [0.2, 0.25) is 0 Å². The Morgan fingerprint density at radius 3 is 2.59 bits per heavy atom. The Hall–Kier alpha value is -5.01. The van der Waals surface area contributed by atoms with Crippen molar-refractivity contribution in [3.05, 3.63) is 74.9 Å². The second-order valence-corrected chi connectivity index (χ2v) is 7.79. The van der Waals surface area contributed by atoms with Crippen molar-refractivity contribution in [2.75, 3.05) is 19.8 Å². The SMILES string of the molecule is CCOC(=O)C1=C(COC(=O)CCN2C(=O)c3cccc([N+](=O)[O-])c3C2=O)NC(=O)N[C@H]1c1ccco1. The van der Waals surface area contributed by atoms with Crippen LogP contribution < -0.4 is 10.6 Å². The van der Waals surface area contributed by atoms with Crippen molar-refractivity contribution in [2.24, 2.45) is 0 Å². The van der Waals surface area contributed by atoms with E-state index >= 15 is 0 Å². The molecule has 2 N–H and O–H groups in total. The van der Waals surface area contributed by atoms with Crippen LogP contribution in [0.3, 0.4) is 0 Å². The highest BCUT2D eigenvalue weighted by Gasteiger charge is 2.41. The maximum atomic E-state index is 12.6. The van der Waals surface area contributed by atoms with E-state index in [1.54, 1.807) is 19.1 Å². The molecule has 1 atom stereocenters. The molecule has 37 heavy (non-hydrogen) atoms. The summed E-state index contributed by atoms with van der Waals surface area (Å²) in [5.41, 5.74) is -1.04. The highest BCUT2D eigenvalue weighted by atomic mass is 16.6. The van der Waals surface area contributed by atoms with E-state index in [2.05, 4.69) is 10.6 Å². The molecule has 2 aromatic rings. The zero-order valence-corrected chi connectivity index (χ0v) is 19.3. The lowest BCUT2D eigenvalue weighted by molar-refractivity contribution is -0.385. The molecule has 4 amide bonds. The average Bonchev–Trinajstić information content (AvgIpc) is 3.48. The molecule has 192 valence electrons. The van der Waals surface area contributed by atoms with E-state index in [4.69, 9.17) is 13.9 Å². The Balaban J connectivity index is 1.46. The molecule has 14 heteroatoms. The smallest absolute Gasteiger partial charge is 0.338 e. The lowest BCUT2D eigenvalue weighted by atomic mass is 10.0. The fraction of sp³-hybridized carbons (Fsp3) is 0.261. The Morgan fingerprint density at radius 1 is 1.14 bits per heavy atom. The van der Waals surface area contributed by atoms with E-state index in [1.807, 2.05) is 0 Å². The molecular weight excluding hydrogens is 492 g/mol. The zero-order chi connectivity index (χ0) is 26.7. The second-order valence-electron chi connectivity index (χ2n) is 7.79. The van der Waals surface area contributed by atoms with Crippen LogP contribution in [0.5, 0.6) is 0 Å². The van der Waals surface area contributed by atoms with Crippen LogP contribution in [0.15, 0.2) is 52.3 Å². The fourth-order valence-electron chi connectivity index (χ4n) is 3.95. The lowest BCUT2D eigenvalue weighted by Gasteiger charge is -2.27. The predicted octanol–water partition coefficient (Wildman–Crippen LogP) is 1.59. The Labute approximate surface area is 208 Å². The van der Waals surface area contributed by atoms with Gasteiger partial charge in [0.15, 0.2) is 0 Å². The molecule has 0 unspecified atom stereocenters. The Morgan fingerprint density at radius 2 is 1.92 bits per heavy atom. The normalized spacial score (nSPS) is 16.7. The number of hydrogen-bond donors (Lipinski definition) is 2. The van der Waals surface area contributed by atoms with E-state index in [0.717, 1.165) is 11.0 Å². The van der Waals surface area contributed by atoms with Gasteiger partial charge in [-0.05, 0) is 25.1 Å². The van der Waals surface area contributed by atoms with Gasteiger partial charge < -0.3 is 24.5 Å². The van der Waals surface area contributed by atoms with Gasteiger partial charge in [0.05, 0.1) is 41.0 Å².